The van der Waals surface area contributed by atoms with E-state index in [-0.39, 0.29) is 17.7 Å². The van der Waals surface area contributed by atoms with Crippen LogP contribution < -0.4 is 11.1 Å². The minimum atomic E-state index is -0.833. The molecule has 8 heteroatoms. The highest BCUT2D eigenvalue weighted by molar-refractivity contribution is 7.09. The van der Waals surface area contributed by atoms with Crippen molar-refractivity contribution in [3.63, 3.8) is 0 Å². The largest absolute Gasteiger partial charge is 0.357 e. The minimum Gasteiger partial charge on any atom is -0.357 e. The van der Waals surface area contributed by atoms with Gasteiger partial charge in [0, 0.05) is 51.0 Å². The van der Waals surface area contributed by atoms with Crippen LogP contribution in [0.1, 0.15) is 26.4 Å². The van der Waals surface area contributed by atoms with Crippen LogP contribution in [0.2, 0.25) is 0 Å². The van der Waals surface area contributed by atoms with Gasteiger partial charge in [0.1, 0.15) is 12.1 Å². The molecule has 202 valence electrons. The second kappa shape index (κ2) is 12.7. The van der Waals surface area contributed by atoms with E-state index in [9.17, 15) is 14.4 Å². The third-order valence-corrected chi connectivity index (χ3v) is 7.96. The first-order valence-corrected chi connectivity index (χ1v) is 13.7. The Bertz CT molecular complexity index is 1450. The molecule has 3 amide bonds. The van der Waals surface area contributed by atoms with Crippen LogP contribution in [0, 0.1) is 0 Å². The Balaban J connectivity index is 1.69. The van der Waals surface area contributed by atoms with Gasteiger partial charge in [-0.3, -0.25) is 14.4 Å². The lowest BCUT2D eigenvalue weighted by atomic mass is 9.98. The average molecular weight is 543 g/mol. The number of likely N-dealkylation sites (N-methyl/N-ethyl adjacent to an activating group) is 3. The van der Waals surface area contributed by atoms with Gasteiger partial charge in [-0.1, -0.05) is 60.7 Å². The Hall–Kier alpha value is -4.01. The second-order valence-electron chi connectivity index (χ2n) is 9.58. The molecule has 0 radical (unpaired) electrons. The van der Waals surface area contributed by atoms with Crippen molar-refractivity contribution in [2.75, 3.05) is 21.1 Å². The van der Waals surface area contributed by atoms with E-state index in [1.807, 2.05) is 66.0 Å². The van der Waals surface area contributed by atoms with Gasteiger partial charge in [-0.25, -0.2) is 0 Å². The molecule has 0 fully saturated rings. The lowest BCUT2D eigenvalue weighted by Gasteiger charge is -2.34. The van der Waals surface area contributed by atoms with Crippen LogP contribution in [0.4, 0.5) is 0 Å². The van der Waals surface area contributed by atoms with Crippen LogP contribution in [0.3, 0.4) is 0 Å². The van der Waals surface area contributed by atoms with E-state index in [4.69, 9.17) is 5.73 Å². The first kappa shape index (κ1) is 28.0. The second-order valence-corrected chi connectivity index (χ2v) is 10.6. The normalized spacial score (nSPS) is 12.5. The number of fused-ring (bicyclic) bond motifs is 1. The van der Waals surface area contributed by atoms with Crippen molar-refractivity contribution in [2.24, 2.45) is 5.73 Å². The number of amides is 3. The number of benzene rings is 3. The summed E-state index contributed by atoms with van der Waals surface area (Å²) in [5.41, 5.74) is 8.01. The zero-order valence-electron chi connectivity index (χ0n) is 22.5. The molecule has 0 saturated heterocycles. The van der Waals surface area contributed by atoms with E-state index in [2.05, 4.69) is 5.32 Å². The van der Waals surface area contributed by atoms with Gasteiger partial charge < -0.3 is 20.9 Å². The molecule has 39 heavy (non-hydrogen) atoms. The lowest BCUT2D eigenvalue weighted by Crippen LogP contribution is -2.55. The molecule has 3 aromatic carbocycles. The zero-order chi connectivity index (χ0) is 27.9. The van der Waals surface area contributed by atoms with E-state index in [0.717, 1.165) is 26.8 Å². The molecule has 2 atom stereocenters. The van der Waals surface area contributed by atoms with E-state index in [1.165, 1.54) is 21.1 Å². The molecule has 4 rings (SSSR count). The Morgan fingerprint density at radius 1 is 0.821 bits per heavy atom. The molecule has 0 unspecified atom stereocenters. The number of thiophene rings is 1. The fourth-order valence-electron chi connectivity index (χ4n) is 4.74. The number of carbonyl (C=O) groups excluding carboxylic acids is 3. The maximum Gasteiger partial charge on any atom is 0.254 e. The van der Waals surface area contributed by atoms with Crippen molar-refractivity contribution in [3.05, 3.63) is 106 Å². The van der Waals surface area contributed by atoms with Crippen LogP contribution in [-0.2, 0) is 29.0 Å². The molecule has 4 aromatic rings. The molecule has 0 bridgehead atoms. The summed E-state index contributed by atoms with van der Waals surface area (Å²) in [6.07, 6.45) is 0.685. The van der Waals surface area contributed by atoms with Crippen LogP contribution in [0.25, 0.3) is 10.8 Å². The summed E-state index contributed by atoms with van der Waals surface area (Å²) in [5.74, 6) is -0.847. The van der Waals surface area contributed by atoms with Crippen LogP contribution in [-0.4, -0.2) is 60.7 Å². The maximum absolute atomic E-state index is 14.1. The number of nitrogens with zero attached hydrogens (tertiary/aromatic N) is 2. The van der Waals surface area contributed by atoms with Gasteiger partial charge in [-0.2, -0.15) is 0 Å². The van der Waals surface area contributed by atoms with Crippen molar-refractivity contribution in [2.45, 2.75) is 31.5 Å². The standard InChI is InChI=1S/C31H34N4O3S/c1-33-29(36)27(19-26-12-7-15-39-26)34(2)31(38)28(18-21-13-14-23-9-4-5-10-24(23)16-21)35(3)30(37)25-11-6-8-22(17-25)20-32/h4-17,27-28H,18-20,32H2,1-3H3,(H,33,36)/t27-,28-/m1/s1. The Labute approximate surface area is 233 Å². The molecular formula is C31H34N4O3S. The van der Waals surface area contributed by atoms with Crippen LogP contribution >= 0.6 is 11.3 Å². The number of hydrogen-bond donors (Lipinski definition) is 2. The summed E-state index contributed by atoms with van der Waals surface area (Å²) in [5, 5.41) is 6.79. The lowest BCUT2D eigenvalue weighted by molar-refractivity contribution is -0.142. The first-order chi connectivity index (χ1) is 18.8. The van der Waals surface area contributed by atoms with Gasteiger partial charge in [-0.05, 0) is 45.5 Å². The predicted molar refractivity (Wildman–Crippen MR) is 157 cm³/mol. The predicted octanol–water partition coefficient (Wildman–Crippen LogP) is 3.86. The number of hydrogen-bond acceptors (Lipinski definition) is 5. The van der Waals surface area contributed by atoms with Crippen LogP contribution in [0.5, 0.6) is 0 Å². The summed E-state index contributed by atoms with van der Waals surface area (Å²) >= 11 is 1.54. The zero-order valence-corrected chi connectivity index (χ0v) is 23.3. The topological polar surface area (TPSA) is 95.7 Å². The number of carbonyl (C=O) groups is 3. The van der Waals surface area contributed by atoms with Crippen molar-refractivity contribution in [1.82, 2.24) is 15.1 Å². The molecule has 0 spiro atoms. The fourth-order valence-corrected chi connectivity index (χ4v) is 5.48. The van der Waals surface area contributed by atoms with E-state index < -0.39 is 12.1 Å². The molecule has 1 heterocycles. The maximum atomic E-state index is 14.1. The molecule has 0 aliphatic heterocycles. The smallest absolute Gasteiger partial charge is 0.254 e. The molecule has 0 aliphatic carbocycles. The molecule has 1 aromatic heterocycles. The number of rotatable bonds is 10. The first-order valence-electron chi connectivity index (χ1n) is 12.9. The van der Waals surface area contributed by atoms with E-state index in [1.54, 1.807) is 39.3 Å². The van der Waals surface area contributed by atoms with Gasteiger partial charge in [-0.15, -0.1) is 11.3 Å². The third kappa shape index (κ3) is 6.53. The fraction of sp³-hybridized carbons (Fsp3) is 0.258. The van der Waals surface area contributed by atoms with Crippen molar-refractivity contribution < 1.29 is 14.4 Å². The molecule has 0 saturated carbocycles. The van der Waals surface area contributed by atoms with Gasteiger partial charge >= 0.3 is 0 Å². The quantitative estimate of drug-likeness (QED) is 0.318. The molecular weight excluding hydrogens is 508 g/mol. The summed E-state index contributed by atoms with van der Waals surface area (Å²) in [4.78, 5) is 44.6. The minimum absolute atomic E-state index is 0.256. The highest BCUT2D eigenvalue weighted by Gasteiger charge is 2.35. The highest BCUT2D eigenvalue weighted by atomic mass is 32.1. The SMILES string of the molecule is CNC(=O)[C@@H](Cc1cccs1)N(C)C(=O)[C@@H](Cc1ccc2ccccc2c1)N(C)C(=O)c1cccc(CN)c1. The van der Waals surface area contributed by atoms with Gasteiger partial charge in [0.15, 0.2) is 0 Å². The average Bonchev–Trinajstić information content (AvgIpc) is 3.50. The number of nitrogens with one attached hydrogen (secondary N) is 1. The van der Waals surface area contributed by atoms with Crippen LogP contribution in [0.15, 0.2) is 84.2 Å². The Morgan fingerprint density at radius 2 is 1.59 bits per heavy atom. The van der Waals surface area contributed by atoms with E-state index in [0.29, 0.717) is 24.9 Å². The van der Waals surface area contributed by atoms with Crippen molar-refractivity contribution in [1.29, 1.82) is 0 Å². The summed E-state index contributed by atoms with van der Waals surface area (Å²) in [6, 6.07) is 23.5. The van der Waals surface area contributed by atoms with Gasteiger partial charge in [0.2, 0.25) is 11.8 Å². The summed E-state index contributed by atoms with van der Waals surface area (Å²) in [7, 11) is 4.84. The Morgan fingerprint density at radius 3 is 2.28 bits per heavy atom. The summed E-state index contributed by atoms with van der Waals surface area (Å²) in [6.45, 7) is 0.309. The summed E-state index contributed by atoms with van der Waals surface area (Å²) < 4.78 is 0. The van der Waals surface area contributed by atoms with Gasteiger partial charge in [0.25, 0.3) is 5.91 Å². The highest BCUT2D eigenvalue weighted by Crippen LogP contribution is 2.21. The van der Waals surface area contributed by atoms with Crippen molar-refractivity contribution >= 4 is 39.8 Å². The molecule has 3 N–H and O–H groups in total. The number of nitrogens with two attached hydrogens (primary N) is 1. The monoisotopic (exact) mass is 542 g/mol. The molecule has 7 nitrogen and oxygen atoms in total. The van der Waals surface area contributed by atoms with Crippen molar-refractivity contribution in [3.8, 4) is 0 Å². The Kier molecular flexibility index (Phi) is 9.11. The third-order valence-electron chi connectivity index (χ3n) is 7.06. The van der Waals surface area contributed by atoms with Gasteiger partial charge in [0.05, 0.1) is 0 Å². The molecule has 0 aliphatic rings. The van der Waals surface area contributed by atoms with E-state index >= 15 is 0 Å².